The Morgan fingerprint density at radius 2 is 2.00 bits per heavy atom. The number of carbonyl (C=O) groups excluding carboxylic acids is 1. The highest BCUT2D eigenvalue weighted by atomic mass is 16.1. The van der Waals surface area contributed by atoms with Crippen molar-refractivity contribution in [2.75, 3.05) is 39.3 Å². The molecule has 88 valence electrons. The van der Waals surface area contributed by atoms with E-state index in [0.717, 1.165) is 26.2 Å². The first kappa shape index (κ1) is 12.5. The number of hydrogen-bond donors (Lipinski definition) is 2. The highest BCUT2D eigenvalue weighted by Crippen LogP contribution is 2.05. The van der Waals surface area contributed by atoms with Crippen LogP contribution in [0.4, 0.5) is 0 Å². The topological polar surface area (TPSA) is 44.4 Å². The fourth-order valence-electron chi connectivity index (χ4n) is 1.86. The second kappa shape index (κ2) is 7.65. The molecule has 2 N–H and O–H groups in total. The zero-order chi connectivity index (χ0) is 10.9. The molecule has 0 aliphatic carbocycles. The third-order valence-corrected chi connectivity index (χ3v) is 2.71. The Labute approximate surface area is 92.4 Å². The number of likely N-dealkylation sites (tertiary alicyclic amines) is 1. The summed E-state index contributed by atoms with van der Waals surface area (Å²) in [6.07, 6.45) is 3.28. The van der Waals surface area contributed by atoms with Crippen molar-refractivity contribution in [3.63, 3.8) is 0 Å². The molecule has 1 saturated heterocycles. The largest absolute Gasteiger partial charge is 0.356 e. The summed E-state index contributed by atoms with van der Waals surface area (Å²) >= 11 is 0. The Kier molecular flexibility index (Phi) is 6.36. The SMILES string of the molecule is CCNC(=O)CCNCCN1CCCC1. The number of nitrogens with zero attached hydrogens (tertiary/aromatic N) is 1. The van der Waals surface area contributed by atoms with Crippen LogP contribution in [0.1, 0.15) is 26.2 Å². The molecule has 0 unspecified atom stereocenters. The van der Waals surface area contributed by atoms with Gasteiger partial charge in [-0.25, -0.2) is 0 Å². The number of amides is 1. The van der Waals surface area contributed by atoms with Crippen molar-refractivity contribution in [2.24, 2.45) is 0 Å². The van der Waals surface area contributed by atoms with Gasteiger partial charge in [-0.15, -0.1) is 0 Å². The predicted octanol–water partition coefficient (Wildman–Crippen LogP) is 0.198. The summed E-state index contributed by atoms with van der Waals surface area (Å²) < 4.78 is 0. The predicted molar refractivity (Wildman–Crippen MR) is 61.8 cm³/mol. The van der Waals surface area contributed by atoms with Crippen LogP contribution in [-0.2, 0) is 4.79 Å². The zero-order valence-corrected chi connectivity index (χ0v) is 9.72. The lowest BCUT2D eigenvalue weighted by Gasteiger charge is -2.14. The smallest absolute Gasteiger partial charge is 0.221 e. The second-order valence-electron chi connectivity index (χ2n) is 4.00. The van der Waals surface area contributed by atoms with Crippen molar-refractivity contribution in [1.29, 1.82) is 0 Å². The van der Waals surface area contributed by atoms with Crippen molar-refractivity contribution in [1.82, 2.24) is 15.5 Å². The van der Waals surface area contributed by atoms with Crippen molar-refractivity contribution in [3.05, 3.63) is 0 Å². The molecule has 4 nitrogen and oxygen atoms in total. The minimum atomic E-state index is 0.145. The van der Waals surface area contributed by atoms with Gasteiger partial charge in [-0.3, -0.25) is 4.79 Å². The Morgan fingerprint density at radius 3 is 2.67 bits per heavy atom. The van der Waals surface area contributed by atoms with E-state index in [1.54, 1.807) is 0 Å². The summed E-state index contributed by atoms with van der Waals surface area (Å²) in [5.41, 5.74) is 0. The van der Waals surface area contributed by atoms with E-state index < -0.39 is 0 Å². The van der Waals surface area contributed by atoms with Gasteiger partial charge in [-0.2, -0.15) is 0 Å². The molecule has 1 aliphatic heterocycles. The lowest BCUT2D eigenvalue weighted by molar-refractivity contribution is -0.120. The van der Waals surface area contributed by atoms with Crippen LogP contribution in [0.2, 0.25) is 0 Å². The van der Waals surface area contributed by atoms with Gasteiger partial charge in [0.2, 0.25) is 5.91 Å². The van der Waals surface area contributed by atoms with E-state index in [1.807, 2.05) is 6.92 Å². The molecule has 4 heteroatoms. The van der Waals surface area contributed by atoms with E-state index >= 15 is 0 Å². The molecular weight excluding hydrogens is 190 g/mol. The summed E-state index contributed by atoms with van der Waals surface area (Å²) in [7, 11) is 0. The molecular formula is C11H23N3O. The van der Waals surface area contributed by atoms with Crippen LogP contribution in [0.3, 0.4) is 0 Å². The van der Waals surface area contributed by atoms with Gasteiger partial charge in [0.05, 0.1) is 0 Å². The Hall–Kier alpha value is -0.610. The molecule has 0 saturated carbocycles. The minimum Gasteiger partial charge on any atom is -0.356 e. The molecule has 15 heavy (non-hydrogen) atoms. The van der Waals surface area contributed by atoms with E-state index in [2.05, 4.69) is 15.5 Å². The fourth-order valence-corrected chi connectivity index (χ4v) is 1.86. The summed E-state index contributed by atoms with van der Waals surface area (Å²) in [6.45, 7) is 8.08. The van der Waals surface area contributed by atoms with Crippen LogP contribution in [0.25, 0.3) is 0 Å². The zero-order valence-electron chi connectivity index (χ0n) is 9.72. The fraction of sp³-hybridized carbons (Fsp3) is 0.909. The average molecular weight is 213 g/mol. The summed E-state index contributed by atoms with van der Waals surface area (Å²) in [4.78, 5) is 13.6. The molecule has 1 aliphatic rings. The van der Waals surface area contributed by atoms with Gasteiger partial charge in [0.1, 0.15) is 0 Å². The maximum absolute atomic E-state index is 11.1. The molecule has 0 aromatic rings. The van der Waals surface area contributed by atoms with Gasteiger partial charge in [-0.1, -0.05) is 0 Å². The third kappa shape index (κ3) is 5.74. The molecule has 1 amide bonds. The van der Waals surface area contributed by atoms with E-state index in [9.17, 15) is 4.79 Å². The Balaban J connectivity index is 1.86. The normalized spacial score (nSPS) is 16.9. The van der Waals surface area contributed by atoms with Gasteiger partial charge >= 0.3 is 0 Å². The van der Waals surface area contributed by atoms with Crippen LogP contribution in [0.5, 0.6) is 0 Å². The van der Waals surface area contributed by atoms with E-state index in [1.165, 1.54) is 25.9 Å². The van der Waals surface area contributed by atoms with Gasteiger partial charge in [0, 0.05) is 32.6 Å². The van der Waals surface area contributed by atoms with Gasteiger partial charge < -0.3 is 15.5 Å². The lowest BCUT2D eigenvalue weighted by Crippen LogP contribution is -2.32. The van der Waals surface area contributed by atoms with Crippen LogP contribution < -0.4 is 10.6 Å². The van der Waals surface area contributed by atoms with Crippen LogP contribution in [0.15, 0.2) is 0 Å². The Morgan fingerprint density at radius 1 is 1.27 bits per heavy atom. The van der Waals surface area contributed by atoms with E-state index in [4.69, 9.17) is 0 Å². The van der Waals surface area contributed by atoms with Crippen LogP contribution >= 0.6 is 0 Å². The van der Waals surface area contributed by atoms with Crippen molar-refractivity contribution >= 4 is 5.91 Å². The molecule has 0 atom stereocenters. The van der Waals surface area contributed by atoms with E-state index in [0.29, 0.717) is 6.42 Å². The highest BCUT2D eigenvalue weighted by Gasteiger charge is 2.09. The first-order valence-corrected chi connectivity index (χ1v) is 6.02. The van der Waals surface area contributed by atoms with E-state index in [-0.39, 0.29) is 5.91 Å². The molecule has 0 bridgehead atoms. The summed E-state index contributed by atoms with van der Waals surface area (Å²) in [5.74, 6) is 0.145. The standard InChI is InChI=1S/C11H23N3O/c1-2-13-11(15)5-6-12-7-10-14-8-3-4-9-14/h12H,2-10H2,1H3,(H,13,15). The maximum atomic E-state index is 11.1. The number of nitrogens with one attached hydrogen (secondary N) is 2. The number of rotatable bonds is 7. The van der Waals surface area contributed by atoms with Crippen molar-refractivity contribution in [2.45, 2.75) is 26.2 Å². The van der Waals surface area contributed by atoms with Crippen LogP contribution in [-0.4, -0.2) is 50.1 Å². The third-order valence-electron chi connectivity index (χ3n) is 2.71. The molecule has 0 spiro atoms. The molecule has 1 rings (SSSR count). The molecule has 0 radical (unpaired) electrons. The van der Waals surface area contributed by atoms with Crippen molar-refractivity contribution < 1.29 is 4.79 Å². The first-order chi connectivity index (χ1) is 7.33. The molecule has 0 aromatic heterocycles. The lowest BCUT2D eigenvalue weighted by atomic mass is 10.4. The number of carbonyl (C=O) groups is 1. The Bertz CT molecular complexity index is 179. The monoisotopic (exact) mass is 213 g/mol. The van der Waals surface area contributed by atoms with Gasteiger partial charge in [0.25, 0.3) is 0 Å². The highest BCUT2D eigenvalue weighted by molar-refractivity contribution is 5.75. The van der Waals surface area contributed by atoms with Gasteiger partial charge in [-0.05, 0) is 32.9 Å². The summed E-state index contributed by atoms with van der Waals surface area (Å²) in [6, 6.07) is 0. The quantitative estimate of drug-likeness (QED) is 0.594. The number of hydrogen-bond acceptors (Lipinski definition) is 3. The van der Waals surface area contributed by atoms with Crippen molar-refractivity contribution in [3.8, 4) is 0 Å². The minimum absolute atomic E-state index is 0.145. The average Bonchev–Trinajstić information content (AvgIpc) is 2.70. The summed E-state index contributed by atoms with van der Waals surface area (Å²) in [5, 5.41) is 6.09. The van der Waals surface area contributed by atoms with Crippen LogP contribution in [0, 0.1) is 0 Å². The maximum Gasteiger partial charge on any atom is 0.221 e. The second-order valence-corrected chi connectivity index (χ2v) is 4.00. The molecule has 1 fully saturated rings. The molecule has 0 aromatic carbocycles. The molecule has 1 heterocycles. The van der Waals surface area contributed by atoms with Gasteiger partial charge in [0.15, 0.2) is 0 Å². The first-order valence-electron chi connectivity index (χ1n) is 6.02.